The van der Waals surface area contributed by atoms with E-state index in [2.05, 4.69) is 0 Å². The average Bonchev–Trinajstić information content (AvgIpc) is 3.58. The van der Waals surface area contributed by atoms with Gasteiger partial charge in [-0.25, -0.2) is 9.18 Å². The lowest BCUT2D eigenvalue weighted by Gasteiger charge is -2.40. The van der Waals surface area contributed by atoms with Crippen molar-refractivity contribution in [1.29, 1.82) is 0 Å². The zero-order valence-corrected chi connectivity index (χ0v) is 26.3. The summed E-state index contributed by atoms with van der Waals surface area (Å²) >= 11 is 6.33. The largest absolute Gasteiger partial charge is 0.495 e. The fraction of sp³-hybridized carbons (Fsp3) is 0.394. The molecule has 4 atom stereocenters. The number of amides is 2. The van der Waals surface area contributed by atoms with Crippen LogP contribution >= 0.6 is 11.6 Å². The fourth-order valence-electron chi connectivity index (χ4n) is 7.43. The summed E-state index contributed by atoms with van der Waals surface area (Å²) in [5.74, 6) is -2.90. The molecule has 0 aliphatic carbocycles. The zero-order valence-electron chi connectivity index (χ0n) is 25.6. The average molecular weight is 637 g/mol. The number of carbonyl (C=O) groups is 3. The fourth-order valence-corrected chi connectivity index (χ4v) is 7.61. The number of hydrogen-bond donors (Lipinski definition) is 1. The van der Waals surface area contributed by atoms with Crippen molar-refractivity contribution in [2.75, 3.05) is 37.4 Å². The number of anilines is 2. The molecule has 45 heavy (non-hydrogen) atoms. The molecule has 1 aromatic heterocycles. The normalized spacial score (nSPS) is 24.4. The van der Waals surface area contributed by atoms with E-state index in [1.165, 1.54) is 36.2 Å². The Kier molecular flexibility index (Phi) is 7.62. The monoisotopic (exact) mass is 636 g/mol. The van der Waals surface area contributed by atoms with Crippen molar-refractivity contribution in [2.24, 2.45) is 5.41 Å². The molecule has 2 saturated heterocycles. The number of nitrogens with zero attached hydrogens (tertiary/aromatic N) is 4. The molecule has 236 valence electrons. The van der Waals surface area contributed by atoms with E-state index >= 15 is 4.39 Å². The Morgan fingerprint density at radius 2 is 1.89 bits per heavy atom. The van der Waals surface area contributed by atoms with Crippen LogP contribution in [0.5, 0.6) is 5.75 Å². The Morgan fingerprint density at radius 1 is 1.13 bits per heavy atom. The van der Waals surface area contributed by atoms with Gasteiger partial charge in [0, 0.05) is 18.2 Å². The Hall–Kier alpha value is -4.06. The Labute approximate surface area is 265 Å². The molecule has 6 rings (SSSR count). The number of rotatable bonds is 6. The number of aliphatic hydroxyl groups is 1. The minimum atomic E-state index is -1.52. The van der Waals surface area contributed by atoms with E-state index in [1.807, 2.05) is 25.7 Å². The summed E-state index contributed by atoms with van der Waals surface area (Å²) in [6.07, 6.45) is 2.00. The first-order chi connectivity index (χ1) is 21.4. The number of halogens is 2. The lowest BCUT2D eigenvalue weighted by Crippen LogP contribution is -2.54. The lowest BCUT2D eigenvalue weighted by atomic mass is 9.63. The molecular weight excluding hydrogens is 603 g/mol. The molecule has 1 unspecified atom stereocenters. The molecule has 3 aromatic rings. The van der Waals surface area contributed by atoms with Crippen molar-refractivity contribution >= 4 is 40.8 Å². The number of fused-ring (bicyclic) bond motifs is 3. The Morgan fingerprint density at radius 3 is 2.56 bits per heavy atom. The zero-order chi connectivity index (χ0) is 32.4. The van der Waals surface area contributed by atoms with Crippen LogP contribution in [0.15, 0.2) is 54.7 Å². The topological polar surface area (TPSA) is 113 Å². The van der Waals surface area contributed by atoms with E-state index in [4.69, 9.17) is 26.1 Å². The van der Waals surface area contributed by atoms with Gasteiger partial charge < -0.3 is 14.6 Å². The van der Waals surface area contributed by atoms with Crippen molar-refractivity contribution in [3.05, 3.63) is 82.4 Å². The molecule has 2 fully saturated rings. The molecule has 2 amide bonds. The van der Waals surface area contributed by atoms with E-state index in [0.717, 1.165) is 0 Å². The number of benzene rings is 2. The van der Waals surface area contributed by atoms with E-state index in [9.17, 15) is 19.5 Å². The molecule has 4 heterocycles. The van der Waals surface area contributed by atoms with Crippen LogP contribution in [0.2, 0.25) is 5.02 Å². The molecule has 1 N–H and O–H groups in total. The summed E-state index contributed by atoms with van der Waals surface area (Å²) in [5.41, 5.74) is -0.296. The number of aliphatic hydroxyl groups excluding tert-OH is 1. The summed E-state index contributed by atoms with van der Waals surface area (Å²) in [6, 6.07) is 11.0. The van der Waals surface area contributed by atoms with Gasteiger partial charge in [-0.1, -0.05) is 44.5 Å². The minimum absolute atomic E-state index is 0.0488. The maximum Gasteiger partial charge on any atom is 0.337 e. The quantitative estimate of drug-likeness (QED) is 0.394. The summed E-state index contributed by atoms with van der Waals surface area (Å²) in [6.45, 7) is 5.55. The Bertz CT molecular complexity index is 1710. The summed E-state index contributed by atoms with van der Waals surface area (Å²) in [4.78, 5) is 51.1. The van der Waals surface area contributed by atoms with Gasteiger partial charge in [-0.3, -0.25) is 29.3 Å². The third-order valence-corrected chi connectivity index (χ3v) is 9.43. The van der Waals surface area contributed by atoms with Gasteiger partial charge in [-0.05, 0) is 53.8 Å². The minimum Gasteiger partial charge on any atom is -0.495 e. The van der Waals surface area contributed by atoms with E-state index in [0.29, 0.717) is 23.5 Å². The smallest absolute Gasteiger partial charge is 0.337 e. The number of aromatic nitrogens is 1. The van der Waals surface area contributed by atoms with E-state index in [-0.39, 0.29) is 39.9 Å². The molecule has 2 aromatic carbocycles. The highest BCUT2D eigenvalue weighted by molar-refractivity contribution is 6.30. The van der Waals surface area contributed by atoms with Gasteiger partial charge in [-0.15, -0.1) is 0 Å². The van der Waals surface area contributed by atoms with Crippen LogP contribution in [0.3, 0.4) is 0 Å². The molecule has 0 bridgehead atoms. The van der Waals surface area contributed by atoms with Gasteiger partial charge in [-0.2, -0.15) is 0 Å². The second kappa shape index (κ2) is 11.1. The molecule has 10 nitrogen and oxygen atoms in total. The van der Waals surface area contributed by atoms with Crippen LogP contribution < -0.4 is 14.5 Å². The predicted molar refractivity (Wildman–Crippen MR) is 165 cm³/mol. The molecule has 3 aliphatic rings. The van der Waals surface area contributed by atoms with Crippen molar-refractivity contribution in [2.45, 2.75) is 50.6 Å². The number of carbonyl (C=O) groups excluding carboxylic acids is 3. The first-order valence-electron chi connectivity index (χ1n) is 14.6. The van der Waals surface area contributed by atoms with E-state index in [1.54, 1.807) is 42.6 Å². The van der Waals surface area contributed by atoms with Crippen LogP contribution in [-0.4, -0.2) is 72.5 Å². The first kappa shape index (κ1) is 30.9. The molecule has 0 saturated carbocycles. The Balaban J connectivity index is 1.60. The highest BCUT2D eigenvalue weighted by Crippen LogP contribution is 2.62. The summed E-state index contributed by atoms with van der Waals surface area (Å²) < 4.78 is 26.6. The van der Waals surface area contributed by atoms with Crippen molar-refractivity contribution < 1.29 is 33.4 Å². The molecule has 3 aliphatic heterocycles. The van der Waals surface area contributed by atoms with Gasteiger partial charge in [0.05, 0.1) is 54.6 Å². The van der Waals surface area contributed by atoms with Crippen LogP contribution in [-0.2, 0) is 19.7 Å². The van der Waals surface area contributed by atoms with Gasteiger partial charge in [0.1, 0.15) is 23.7 Å². The number of pyridine rings is 1. The van der Waals surface area contributed by atoms with Crippen LogP contribution in [0, 0.1) is 11.2 Å². The van der Waals surface area contributed by atoms with Gasteiger partial charge >= 0.3 is 5.97 Å². The van der Waals surface area contributed by atoms with Crippen LogP contribution in [0.1, 0.15) is 54.7 Å². The number of methoxy groups -OCH3 is 2. The van der Waals surface area contributed by atoms with Gasteiger partial charge in [0.15, 0.2) is 0 Å². The highest BCUT2D eigenvalue weighted by atomic mass is 35.5. The van der Waals surface area contributed by atoms with Crippen LogP contribution in [0.25, 0.3) is 0 Å². The maximum absolute atomic E-state index is 16.2. The highest BCUT2D eigenvalue weighted by Gasteiger charge is 2.73. The standard InChI is InChI=1S/C33H34ClFN4O6/c1-32(2,3)15-24-33(28-22(10-7-13-36-28)39(17-40)31(33)43)25(19-8-6-9-20(34)26(19)35)27-29(41)37(16-38(24)27)21-12-11-18(30(42)45-5)14-23(21)44-4/h6-14,24-25,27,40H,15-17H2,1-5H3/t24-,25-,27+,33?/m0/s1. The number of esters is 1. The molecule has 1 spiro atoms. The summed E-state index contributed by atoms with van der Waals surface area (Å²) in [7, 11) is 2.71. The van der Waals surface area contributed by atoms with Gasteiger partial charge in [0.2, 0.25) is 11.8 Å². The maximum atomic E-state index is 16.2. The third-order valence-electron chi connectivity index (χ3n) is 9.14. The number of hydrogen-bond acceptors (Lipinski definition) is 8. The molecule has 0 radical (unpaired) electrons. The predicted octanol–water partition coefficient (Wildman–Crippen LogP) is 4.48. The SMILES string of the molecule is COC(=O)c1ccc(N2CN3[C@@H](CC(C)(C)C)C4(C(=O)N(CO)c5cccnc54)[C@@H](c4cccc(Cl)c4F)[C@@H]3C2=O)c(OC)c1. The van der Waals surface area contributed by atoms with Crippen molar-refractivity contribution in [1.82, 2.24) is 9.88 Å². The molecular formula is C33H34ClFN4O6. The summed E-state index contributed by atoms with van der Waals surface area (Å²) in [5, 5.41) is 10.3. The second-order valence-corrected chi connectivity index (χ2v) is 13.2. The number of ether oxygens (including phenoxy) is 2. The van der Waals surface area contributed by atoms with Crippen LogP contribution in [0.4, 0.5) is 15.8 Å². The second-order valence-electron chi connectivity index (χ2n) is 12.8. The van der Waals surface area contributed by atoms with Crippen molar-refractivity contribution in [3.8, 4) is 5.75 Å². The van der Waals surface area contributed by atoms with E-state index < -0.39 is 47.8 Å². The third kappa shape index (κ3) is 4.51. The molecule has 12 heteroatoms. The lowest BCUT2D eigenvalue weighted by molar-refractivity contribution is -0.125. The first-order valence-corrected chi connectivity index (χ1v) is 14.9. The van der Waals surface area contributed by atoms with Crippen molar-refractivity contribution in [3.63, 3.8) is 0 Å². The van der Waals surface area contributed by atoms with Gasteiger partial charge in [0.25, 0.3) is 0 Å².